The standard InChI is InChI=1S/C8H5INO2/c1-2-6-5-7(10(11)12)3-4-8(6)9/h3-5H,1H2. The molecule has 0 heterocycles. The van der Waals surface area contributed by atoms with Crippen LogP contribution >= 0.6 is 22.6 Å². The fraction of sp³-hybridized carbons (Fsp3) is 0. The van der Waals surface area contributed by atoms with Crippen molar-refractivity contribution in [3.63, 3.8) is 0 Å². The highest BCUT2D eigenvalue weighted by atomic mass is 127. The molecule has 0 saturated carbocycles. The van der Waals surface area contributed by atoms with E-state index in [0.29, 0.717) is 5.56 Å². The monoisotopic (exact) mass is 274 g/mol. The van der Waals surface area contributed by atoms with Crippen LogP contribution in [0.4, 0.5) is 5.69 Å². The van der Waals surface area contributed by atoms with Crippen molar-refractivity contribution in [2.75, 3.05) is 0 Å². The lowest BCUT2D eigenvalue weighted by molar-refractivity contribution is -0.384. The van der Waals surface area contributed by atoms with Gasteiger partial charge < -0.3 is 0 Å². The van der Waals surface area contributed by atoms with Gasteiger partial charge in [-0.2, -0.15) is 0 Å². The predicted octanol–water partition coefficient (Wildman–Crippen LogP) is 2.54. The third-order valence-electron chi connectivity index (χ3n) is 1.35. The minimum Gasteiger partial charge on any atom is -0.258 e. The van der Waals surface area contributed by atoms with Gasteiger partial charge in [-0.15, -0.1) is 0 Å². The Balaban J connectivity index is 3.22. The van der Waals surface area contributed by atoms with Crippen molar-refractivity contribution in [2.24, 2.45) is 0 Å². The van der Waals surface area contributed by atoms with Crippen LogP contribution in [0.5, 0.6) is 0 Å². The molecular weight excluding hydrogens is 269 g/mol. The smallest absolute Gasteiger partial charge is 0.258 e. The lowest BCUT2D eigenvalue weighted by Crippen LogP contribution is -1.89. The first kappa shape index (κ1) is 9.18. The zero-order valence-electron chi connectivity index (χ0n) is 6.08. The van der Waals surface area contributed by atoms with Crippen molar-refractivity contribution in [1.82, 2.24) is 0 Å². The second-order valence-electron chi connectivity index (χ2n) is 2.10. The summed E-state index contributed by atoms with van der Waals surface area (Å²) in [5.41, 5.74) is 0.742. The average Bonchev–Trinajstić information content (AvgIpc) is 2.05. The fourth-order valence-corrected chi connectivity index (χ4v) is 1.29. The molecule has 0 aromatic heterocycles. The van der Waals surface area contributed by atoms with Gasteiger partial charge in [0.1, 0.15) is 0 Å². The Labute approximate surface area is 83.4 Å². The summed E-state index contributed by atoms with van der Waals surface area (Å²) < 4.78 is 0.910. The molecule has 0 saturated heterocycles. The molecule has 0 spiro atoms. The maximum Gasteiger partial charge on any atom is 0.270 e. The number of hydrogen-bond acceptors (Lipinski definition) is 2. The zero-order chi connectivity index (χ0) is 9.14. The Kier molecular flexibility index (Phi) is 2.80. The lowest BCUT2D eigenvalue weighted by atomic mass is 10.2. The Morgan fingerprint density at radius 1 is 1.58 bits per heavy atom. The highest BCUT2D eigenvalue weighted by Gasteiger charge is 2.06. The molecule has 0 unspecified atom stereocenters. The van der Waals surface area contributed by atoms with E-state index in [-0.39, 0.29) is 5.69 Å². The number of halogens is 1. The second-order valence-corrected chi connectivity index (χ2v) is 3.26. The third-order valence-corrected chi connectivity index (χ3v) is 2.29. The van der Waals surface area contributed by atoms with Crippen LogP contribution in [0.15, 0.2) is 24.8 Å². The Morgan fingerprint density at radius 3 is 2.75 bits per heavy atom. The summed E-state index contributed by atoms with van der Waals surface area (Å²) >= 11 is 2.08. The van der Waals surface area contributed by atoms with Gasteiger partial charge in [0.25, 0.3) is 5.69 Å². The molecule has 0 bridgehead atoms. The number of rotatable bonds is 2. The van der Waals surface area contributed by atoms with Crippen LogP contribution in [0.25, 0.3) is 0 Å². The third kappa shape index (κ3) is 1.82. The van der Waals surface area contributed by atoms with Crippen molar-refractivity contribution in [3.8, 4) is 0 Å². The maximum atomic E-state index is 10.3. The molecule has 1 aromatic carbocycles. The largest absolute Gasteiger partial charge is 0.270 e. The lowest BCUT2D eigenvalue weighted by Gasteiger charge is -1.96. The Hall–Kier alpha value is -0.910. The predicted molar refractivity (Wildman–Crippen MR) is 53.8 cm³/mol. The molecule has 0 fully saturated rings. The number of hydrogen-bond donors (Lipinski definition) is 0. The summed E-state index contributed by atoms with van der Waals surface area (Å²) in [6.07, 6.45) is 2.63. The van der Waals surface area contributed by atoms with Crippen molar-refractivity contribution in [1.29, 1.82) is 0 Å². The Bertz CT molecular complexity index is 336. The van der Waals surface area contributed by atoms with Gasteiger partial charge in [-0.05, 0) is 34.7 Å². The number of nitrogens with zero attached hydrogens (tertiary/aromatic N) is 1. The summed E-state index contributed by atoms with van der Waals surface area (Å²) in [5.74, 6) is 0. The topological polar surface area (TPSA) is 43.1 Å². The number of nitro benzene ring substituents is 1. The van der Waals surface area contributed by atoms with E-state index in [1.54, 1.807) is 6.07 Å². The highest BCUT2D eigenvalue weighted by molar-refractivity contribution is 14.1. The summed E-state index contributed by atoms with van der Waals surface area (Å²) in [7, 11) is 0. The first-order valence-electron chi connectivity index (χ1n) is 3.12. The van der Waals surface area contributed by atoms with Gasteiger partial charge in [0.15, 0.2) is 0 Å². The molecule has 12 heavy (non-hydrogen) atoms. The minimum absolute atomic E-state index is 0.0709. The fourth-order valence-electron chi connectivity index (χ4n) is 0.762. The van der Waals surface area contributed by atoms with E-state index < -0.39 is 4.92 Å². The van der Waals surface area contributed by atoms with Crippen LogP contribution in [0.1, 0.15) is 5.56 Å². The molecule has 1 aromatic rings. The maximum absolute atomic E-state index is 10.3. The van der Waals surface area contributed by atoms with E-state index in [1.807, 2.05) is 0 Å². The van der Waals surface area contributed by atoms with Gasteiger partial charge in [-0.1, -0.05) is 6.58 Å². The van der Waals surface area contributed by atoms with E-state index in [4.69, 9.17) is 0 Å². The van der Waals surface area contributed by atoms with E-state index in [2.05, 4.69) is 35.2 Å². The molecule has 61 valence electrons. The summed E-state index contributed by atoms with van der Waals surface area (Å²) in [5, 5.41) is 10.3. The van der Waals surface area contributed by atoms with Crippen LogP contribution in [0, 0.1) is 19.8 Å². The Morgan fingerprint density at radius 2 is 2.25 bits per heavy atom. The molecule has 0 atom stereocenters. The van der Waals surface area contributed by atoms with Gasteiger partial charge in [-0.25, -0.2) is 0 Å². The molecule has 1 radical (unpaired) electrons. The second kappa shape index (κ2) is 3.66. The average molecular weight is 274 g/mol. The van der Waals surface area contributed by atoms with Crippen molar-refractivity contribution in [2.45, 2.75) is 0 Å². The van der Waals surface area contributed by atoms with Crippen LogP contribution in [0.3, 0.4) is 0 Å². The van der Waals surface area contributed by atoms with Crippen molar-refractivity contribution >= 4 is 28.3 Å². The quantitative estimate of drug-likeness (QED) is 0.472. The van der Waals surface area contributed by atoms with Gasteiger partial charge in [0.05, 0.1) is 4.92 Å². The number of nitro groups is 1. The van der Waals surface area contributed by atoms with Crippen molar-refractivity contribution < 1.29 is 4.92 Å². The molecule has 0 aliphatic rings. The van der Waals surface area contributed by atoms with E-state index in [1.165, 1.54) is 12.1 Å². The molecule has 1 rings (SSSR count). The molecule has 0 aliphatic heterocycles. The first-order chi connectivity index (χ1) is 5.65. The van der Waals surface area contributed by atoms with Crippen LogP contribution < -0.4 is 0 Å². The normalized spacial score (nSPS) is 9.42. The van der Waals surface area contributed by atoms with Gasteiger partial charge in [0, 0.05) is 21.3 Å². The summed E-state index contributed by atoms with van der Waals surface area (Å²) in [6.45, 7) is 3.44. The van der Waals surface area contributed by atoms with Gasteiger partial charge >= 0.3 is 0 Å². The summed E-state index contributed by atoms with van der Waals surface area (Å²) in [6, 6.07) is 4.59. The van der Waals surface area contributed by atoms with Crippen LogP contribution in [0.2, 0.25) is 0 Å². The van der Waals surface area contributed by atoms with Crippen LogP contribution in [-0.2, 0) is 0 Å². The van der Waals surface area contributed by atoms with Crippen LogP contribution in [-0.4, -0.2) is 4.92 Å². The van der Waals surface area contributed by atoms with E-state index in [9.17, 15) is 10.1 Å². The molecule has 0 amide bonds. The SMILES string of the molecule is C=[C]c1cc([N+](=O)[O-])ccc1I. The van der Waals surface area contributed by atoms with Crippen molar-refractivity contribution in [3.05, 3.63) is 50.1 Å². The summed E-state index contributed by atoms with van der Waals surface area (Å²) in [4.78, 5) is 9.90. The number of benzene rings is 1. The number of non-ortho nitro benzene ring substituents is 1. The highest BCUT2D eigenvalue weighted by Crippen LogP contribution is 2.18. The van der Waals surface area contributed by atoms with E-state index in [0.717, 1.165) is 3.57 Å². The first-order valence-corrected chi connectivity index (χ1v) is 4.20. The minimum atomic E-state index is -0.434. The van der Waals surface area contributed by atoms with Gasteiger partial charge in [0.2, 0.25) is 0 Å². The zero-order valence-corrected chi connectivity index (χ0v) is 8.24. The molecule has 0 aliphatic carbocycles. The molecular formula is C8H5INO2. The molecule has 4 heteroatoms. The molecule has 3 nitrogen and oxygen atoms in total. The van der Waals surface area contributed by atoms with E-state index >= 15 is 0 Å². The molecule has 0 N–H and O–H groups in total. The van der Waals surface area contributed by atoms with Gasteiger partial charge in [-0.3, -0.25) is 10.1 Å².